The minimum Gasteiger partial charge on any atom is -0.497 e. The average Bonchev–Trinajstić information content (AvgIpc) is 3.32. The predicted molar refractivity (Wildman–Crippen MR) is 136 cm³/mol. The number of nitrogens with zero attached hydrogens (tertiary/aromatic N) is 3. The molecule has 1 fully saturated rings. The summed E-state index contributed by atoms with van der Waals surface area (Å²) in [6.07, 6.45) is 0.884. The maximum Gasteiger partial charge on any atom is 0.260 e. The van der Waals surface area contributed by atoms with Crippen LogP contribution in [0.25, 0.3) is 11.3 Å². The third-order valence-electron chi connectivity index (χ3n) is 5.69. The molecule has 4 rings (SSSR count). The Bertz CT molecular complexity index is 1040. The maximum atomic E-state index is 13.5. The second-order valence-corrected chi connectivity index (χ2v) is 8.66. The number of hydrogen-bond donors (Lipinski definition) is 0. The molecule has 1 aliphatic heterocycles. The van der Waals surface area contributed by atoms with Crippen molar-refractivity contribution in [2.24, 2.45) is 0 Å². The predicted octanol–water partition coefficient (Wildman–Crippen LogP) is 4.92. The number of hydrogen-bond acceptors (Lipinski definition) is 6. The van der Waals surface area contributed by atoms with E-state index in [1.165, 1.54) is 11.3 Å². The van der Waals surface area contributed by atoms with Gasteiger partial charge in [0, 0.05) is 42.7 Å². The van der Waals surface area contributed by atoms with E-state index in [9.17, 15) is 4.79 Å². The Kier molecular flexibility index (Phi) is 9.26. The molecule has 0 aliphatic carbocycles. The van der Waals surface area contributed by atoms with Crippen molar-refractivity contribution in [1.82, 2.24) is 9.88 Å². The number of carbonyl (C=O) groups is 1. The lowest BCUT2D eigenvalue weighted by Crippen LogP contribution is -2.39. The molecule has 3 aromatic rings. The zero-order valence-electron chi connectivity index (χ0n) is 19.0. The molecule has 1 aromatic heterocycles. The highest BCUT2D eigenvalue weighted by Crippen LogP contribution is 2.30. The Labute approximate surface area is 205 Å². The lowest BCUT2D eigenvalue weighted by Gasteiger charge is -2.28. The smallest absolute Gasteiger partial charge is 0.260 e. The van der Waals surface area contributed by atoms with Gasteiger partial charge in [0.05, 0.1) is 26.0 Å². The molecule has 0 saturated carbocycles. The van der Waals surface area contributed by atoms with Crippen molar-refractivity contribution in [3.05, 3.63) is 65.0 Å². The summed E-state index contributed by atoms with van der Waals surface area (Å²) >= 11 is 1.51. The highest BCUT2D eigenvalue weighted by molar-refractivity contribution is 7.14. The molecule has 0 radical (unpaired) electrons. The van der Waals surface area contributed by atoms with Crippen LogP contribution in [0.4, 0.5) is 5.13 Å². The van der Waals surface area contributed by atoms with E-state index < -0.39 is 0 Å². The van der Waals surface area contributed by atoms with Crippen LogP contribution in [0.15, 0.2) is 53.9 Å². The van der Waals surface area contributed by atoms with E-state index in [1.54, 1.807) is 7.11 Å². The van der Waals surface area contributed by atoms with Gasteiger partial charge in [-0.1, -0.05) is 18.2 Å². The fourth-order valence-corrected chi connectivity index (χ4v) is 4.66. The van der Waals surface area contributed by atoms with Gasteiger partial charge in [0.15, 0.2) is 5.13 Å². The van der Waals surface area contributed by atoms with Gasteiger partial charge >= 0.3 is 0 Å². The van der Waals surface area contributed by atoms with Crippen LogP contribution in [-0.2, 0) is 4.74 Å². The van der Waals surface area contributed by atoms with Crippen LogP contribution in [0, 0.1) is 6.92 Å². The number of morpholine rings is 1. The minimum absolute atomic E-state index is 0. The molecule has 0 spiro atoms. The van der Waals surface area contributed by atoms with Gasteiger partial charge < -0.3 is 9.47 Å². The Balaban J connectivity index is 0.00000306. The third kappa shape index (κ3) is 6.32. The van der Waals surface area contributed by atoms with Gasteiger partial charge in [-0.25, -0.2) is 4.98 Å². The molecule has 2 heterocycles. The van der Waals surface area contributed by atoms with Crippen molar-refractivity contribution in [2.75, 3.05) is 51.4 Å². The van der Waals surface area contributed by atoms with Crippen molar-refractivity contribution in [2.45, 2.75) is 13.3 Å². The van der Waals surface area contributed by atoms with E-state index in [1.807, 2.05) is 65.7 Å². The van der Waals surface area contributed by atoms with Gasteiger partial charge in [0.2, 0.25) is 0 Å². The lowest BCUT2D eigenvalue weighted by molar-refractivity contribution is 0.0376. The summed E-state index contributed by atoms with van der Waals surface area (Å²) < 4.78 is 10.7. The average molecular weight is 488 g/mol. The van der Waals surface area contributed by atoms with Crippen molar-refractivity contribution in [1.29, 1.82) is 0 Å². The quantitative estimate of drug-likeness (QED) is 0.451. The monoisotopic (exact) mass is 487 g/mol. The Morgan fingerprint density at radius 3 is 2.58 bits per heavy atom. The lowest BCUT2D eigenvalue weighted by atomic mass is 10.1. The van der Waals surface area contributed by atoms with Crippen LogP contribution in [0.3, 0.4) is 0 Å². The molecule has 6 nitrogen and oxygen atoms in total. The molecular formula is C25H30ClN3O3S. The first-order chi connectivity index (χ1) is 15.7. The first kappa shape index (κ1) is 25.2. The van der Waals surface area contributed by atoms with E-state index in [2.05, 4.69) is 4.90 Å². The Hall–Kier alpha value is -2.45. The largest absolute Gasteiger partial charge is 0.497 e. The normalized spacial score (nSPS) is 13.9. The summed E-state index contributed by atoms with van der Waals surface area (Å²) in [6.45, 7) is 7.00. The number of thiazole rings is 1. The summed E-state index contributed by atoms with van der Waals surface area (Å²) in [7, 11) is 1.65. The van der Waals surface area contributed by atoms with E-state index in [0.29, 0.717) is 6.54 Å². The highest BCUT2D eigenvalue weighted by Gasteiger charge is 2.22. The molecule has 176 valence electrons. The molecular weight excluding hydrogens is 458 g/mol. The molecule has 1 amide bonds. The summed E-state index contributed by atoms with van der Waals surface area (Å²) in [5, 5.41) is 2.74. The number of halogens is 1. The summed E-state index contributed by atoms with van der Waals surface area (Å²) in [5.74, 6) is 0.810. The molecule has 8 heteroatoms. The van der Waals surface area contributed by atoms with E-state index in [4.69, 9.17) is 14.5 Å². The summed E-state index contributed by atoms with van der Waals surface area (Å²) in [6, 6.07) is 15.6. The van der Waals surface area contributed by atoms with Crippen molar-refractivity contribution >= 4 is 34.8 Å². The maximum absolute atomic E-state index is 13.5. The van der Waals surface area contributed by atoms with Crippen LogP contribution < -0.4 is 9.64 Å². The van der Waals surface area contributed by atoms with Crippen LogP contribution >= 0.6 is 23.7 Å². The fraction of sp³-hybridized carbons (Fsp3) is 0.360. The second kappa shape index (κ2) is 12.1. The Morgan fingerprint density at radius 1 is 1.15 bits per heavy atom. The van der Waals surface area contributed by atoms with Gasteiger partial charge in [-0.2, -0.15) is 0 Å². The summed E-state index contributed by atoms with van der Waals surface area (Å²) in [5.41, 5.74) is 3.57. The molecule has 0 atom stereocenters. The van der Waals surface area contributed by atoms with Crippen LogP contribution in [0.1, 0.15) is 22.3 Å². The Morgan fingerprint density at radius 2 is 1.88 bits per heavy atom. The number of rotatable bonds is 8. The summed E-state index contributed by atoms with van der Waals surface area (Å²) in [4.78, 5) is 22.6. The van der Waals surface area contributed by atoms with Gasteiger partial charge in [-0.05, 0) is 49.2 Å². The van der Waals surface area contributed by atoms with Gasteiger partial charge in [0.1, 0.15) is 5.75 Å². The van der Waals surface area contributed by atoms with E-state index in [-0.39, 0.29) is 18.3 Å². The van der Waals surface area contributed by atoms with Crippen molar-refractivity contribution < 1.29 is 14.3 Å². The number of benzene rings is 2. The first-order valence-electron chi connectivity index (χ1n) is 10.9. The number of aryl methyl sites for hydroxylation is 1. The van der Waals surface area contributed by atoms with Gasteiger partial charge in [-0.15, -0.1) is 23.7 Å². The van der Waals surface area contributed by atoms with E-state index >= 15 is 0 Å². The minimum atomic E-state index is 0. The van der Waals surface area contributed by atoms with Crippen molar-refractivity contribution in [3.63, 3.8) is 0 Å². The van der Waals surface area contributed by atoms with Crippen LogP contribution in [0.2, 0.25) is 0 Å². The van der Waals surface area contributed by atoms with Crippen LogP contribution in [-0.4, -0.2) is 62.3 Å². The molecule has 0 N–H and O–H groups in total. The number of anilines is 1. The first-order valence-corrected chi connectivity index (χ1v) is 11.8. The molecule has 0 bridgehead atoms. The second-order valence-electron chi connectivity index (χ2n) is 7.82. The number of amides is 1. The molecule has 1 saturated heterocycles. The SMILES string of the molecule is COc1ccc(-c2csc(N(CCCN3CCOCC3)C(=O)c3ccccc3C)n2)cc1.Cl. The molecule has 33 heavy (non-hydrogen) atoms. The number of ether oxygens (including phenoxy) is 2. The highest BCUT2D eigenvalue weighted by atomic mass is 35.5. The topological polar surface area (TPSA) is 54.9 Å². The standard InChI is InChI=1S/C25H29N3O3S.ClH/c1-19-6-3-4-7-22(19)24(29)28(13-5-12-27-14-16-31-17-15-27)25-26-23(18-32-25)20-8-10-21(30-2)11-9-20;/h3-4,6-11,18H,5,12-17H2,1-2H3;1H. The number of methoxy groups -OCH3 is 1. The van der Waals surface area contributed by atoms with E-state index in [0.717, 1.165) is 72.5 Å². The number of aromatic nitrogens is 1. The molecule has 1 aliphatic rings. The van der Waals surface area contributed by atoms with Crippen molar-refractivity contribution in [3.8, 4) is 17.0 Å². The zero-order chi connectivity index (χ0) is 22.3. The molecule has 0 unspecified atom stereocenters. The third-order valence-corrected chi connectivity index (χ3v) is 6.55. The van der Waals surface area contributed by atoms with Gasteiger partial charge in [0.25, 0.3) is 5.91 Å². The van der Waals surface area contributed by atoms with Gasteiger partial charge in [-0.3, -0.25) is 14.6 Å². The molecule has 2 aromatic carbocycles. The van der Waals surface area contributed by atoms with Crippen LogP contribution in [0.5, 0.6) is 5.75 Å². The number of carbonyl (C=O) groups excluding carboxylic acids is 1. The fourth-order valence-electron chi connectivity index (χ4n) is 3.80. The zero-order valence-corrected chi connectivity index (χ0v) is 20.7.